The Balaban J connectivity index is 1.47. The van der Waals surface area contributed by atoms with E-state index in [0.717, 1.165) is 27.9 Å². The molecule has 1 aliphatic rings. The number of hydrogen-bond acceptors (Lipinski definition) is 4. The van der Waals surface area contributed by atoms with Crippen LogP contribution >= 0.6 is 0 Å². The number of nitrogens with zero attached hydrogens (tertiary/aromatic N) is 1. The van der Waals surface area contributed by atoms with Crippen LogP contribution in [0, 0.1) is 0 Å². The topological polar surface area (TPSA) is 76.2 Å². The third-order valence-electron chi connectivity index (χ3n) is 3.70. The molecule has 0 saturated carbocycles. The zero-order valence-electron chi connectivity index (χ0n) is 12.3. The van der Waals surface area contributed by atoms with Gasteiger partial charge in [-0.25, -0.2) is 0 Å². The number of H-pyrrole nitrogens is 1. The number of aromatic amines is 1. The molecule has 0 atom stereocenters. The minimum Gasteiger partial charge on any atom is -0.486 e. The fourth-order valence-corrected chi connectivity index (χ4v) is 2.60. The molecular weight excluding hydrogens is 294 g/mol. The molecule has 3 aromatic rings. The summed E-state index contributed by atoms with van der Waals surface area (Å²) < 4.78 is 11.0. The third-order valence-corrected chi connectivity index (χ3v) is 3.70. The number of carbonyl (C=O) groups excluding carboxylic acids is 1. The summed E-state index contributed by atoms with van der Waals surface area (Å²) in [5.41, 5.74) is 2.51. The van der Waals surface area contributed by atoms with E-state index in [1.165, 1.54) is 0 Å². The highest BCUT2D eigenvalue weighted by Crippen LogP contribution is 2.31. The van der Waals surface area contributed by atoms with Crippen LogP contribution in [0.15, 0.2) is 42.6 Å². The van der Waals surface area contributed by atoms with Crippen LogP contribution in [0.4, 0.5) is 5.69 Å². The first-order valence-electron chi connectivity index (χ1n) is 7.39. The van der Waals surface area contributed by atoms with Crippen molar-refractivity contribution in [1.29, 1.82) is 0 Å². The first kappa shape index (κ1) is 13.6. The van der Waals surface area contributed by atoms with E-state index < -0.39 is 0 Å². The Labute approximate surface area is 132 Å². The van der Waals surface area contributed by atoms with Crippen molar-refractivity contribution in [2.24, 2.45) is 0 Å². The summed E-state index contributed by atoms with van der Waals surface area (Å²) in [6.07, 6.45) is 2.02. The van der Waals surface area contributed by atoms with Crippen LogP contribution < -0.4 is 14.8 Å². The standard InChI is InChI=1S/C17H15N3O3/c21-17(19-13-3-2-12-10-18-20-14(12)9-13)8-11-1-4-15-16(7-11)23-6-5-22-15/h1-4,7,9-10H,5-6,8H2,(H,18,20)(H,19,21). The molecule has 0 fully saturated rings. The second kappa shape index (κ2) is 5.64. The average Bonchev–Trinajstić information content (AvgIpc) is 3.02. The molecule has 0 radical (unpaired) electrons. The van der Waals surface area contributed by atoms with Crippen LogP contribution in [0.3, 0.4) is 0 Å². The molecule has 2 heterocycles. The average molecular weight is 309 g/mol. The van der Waals surface area contributed by atoms with E-state index >= 15 is 0 Å². The summed E-state index contributed by atoms with van der Waals surface area (Å²) in [6, 6.07) is 11.2. The minimum atomic E-state index is -0.0828. The molecule has 2 aromatic carbocycles. The van der Waals surface area contributed by atoms with Crippen molar-refractivity contribution in [3.8, 4) is 11.5 Å². The van der Waals surface area contributed by atoms with Gasteiger partial charge in [-0.05, 0) is 35.9 Å². The lowest BCUT2D eigenvalue weighted by Gasteiger charge is -2.18. The Hall–Kier alpha value is -3.02. The lowest BCUT2D eigenvalue weighted by Crippen LogP contribution is -2.17. The van der Waals surface area contributed by atoms with Gasteiger partial charge in [0.05, 0.1) is 18.1 Å². The number of ether oxygens (including phenoxy) is 2. The Morgan fingerprint density at radius 1 is 1.13 bits per heavy atom. The summed E-state index contributed by atoms with van der Waals surface area (Å²) in [5.74, 6) is 1.34. The van der Waals surface area contributed by atoms with Crippen molar-refractivity contribution in [3.63, 3.8) is 0 Å². The van der Waals surface area contributed by atoms with Crippen molar-refractivity contribution >= 4 is 22.5 Å². The molecular formula is C17H15N3O3. The van der Waals surface area contributed by atoms with Gasteiger partial charge in [0, 0.05) is 11.1 Å². The number of aromatic nitrogens is 2. The monoisotopic (exact) mass is 309 g/mol. The van der Waals surface area contributed by atoms with E-state index in [1.807, 2.05) is 36.4 Å². The number of carbonyl (C=O) groups is 1. The van der Waals surface area contributed by atoms with Gasteiger partial charge in [-0.15, -0.1) is 0 Å². The van der Waals surface area contributed by atoms with Gasteiger partial charge in [0.1, 0.15) is 13.2 Å². The van der Waals surface area contributed by atoms with Crippen LogP contribution in [0.1, 0.15) is 5.56 Å². The molecule has 0 unspecified atom stereocenters. The summed E-state index contributed by atoms with van der Waals surface area (Å²) in [7, 11) is 0. The SMILES string of the molecule is O=C(Cc1ccc2c(c1)OCCO2)Nc1ccc2cn[nH]c2c1. The van der Waals surface area contributed by atoms with Gasteiger partial charge in [-0.3, -0.25) is 9.89 Å². The van der Waals surface area contributed by atoms with Gasteiger partial charge in [-0.1, -0.05) is 6.07 Å². The quantitative estimate of drug-likeness (QED) is 0.779. The van der Waals surface area contributed by atoms with E-state index in [1.54, 1.807) is 6.20 Å². The highest BCUT2D eigenvalue weighted by atomic mass is 16.6. The summed E-state index contributed by atoms with van der Waals surface area (Å²) in [5, 5.41) is 10.8. The predicted octanol–water partition coefficient (Wildman–Crippen LogP) is 2.52. The third kappa shape index (κ3) is 2.83. The van der Waals surface area contributed by atoms with E-state index in [9.17, 15) is 4.79 Å². The normalized spacial score (nSPS) is 13.0. The van der Waals surface area contributed by atoms with Gasteiger partial charge in [0.15, 0.2) is 11.5 Å². The molecule has 116 valence electrons. The van der Waals surface area contributed by atoms with Crippen LogP contribution in [0.5, 0.6) is 11.5 Å². The number of nitrogens with one attached hydrogen (secondary N) is 2. The van der Waals surface area contributed by atoms with Crippen LogP contribution in [-0.2, 0) is 11.2 Å². The lowest BCUT2D eigenvalue weighted by molar-refractivity contribution is -0.115. The second-order valence-electron chi connectivity index (χ2n) is 5.37. The Bertz CT molecular complexity index is 872. The first-order chi connectivity index (χ1) is 11.3. The number of amides is 1. The van der Waals surface area contributed by atoms with E-state index in [-0.39, 0.29) is 12.3 Å². The predicted molar refractivity (Wildman–Crippen MR) is 85.9 cm³/mol. The number of benzene rings is 2. The highest BCUT2D eigenvalue weighted by molar-refractivity contribution is 5.94. The molecule has 2 N–H and O–H groups in total. The maximum atomic E-state index is 12.2. The molecule has 0 aliphatic carbocycles. The van der Waals surface area contributed by atoms with Gasteiger partial charge in [-0.2, -0.15) is 5.10 Å². The molecule has 1 amide bonds. The molecule has 1 aliphatic heterocycles. The van der Waals surface area contributed by atoms with E-state index in [2.05, 4.69) is 15.5 Å². The molecule has 0 saturated heterocycles. The first-order valence-corrected chi connectivity index (χ1v) is 7.39. The van der Waals surface area contributed by atoms with Crippen molar-refractivity contribution < 1.29 is 14.3 Å². The van der Waals surface area contributed by atoms with Gasteiger partial charge >= 0.3 is 0 Å². The summed E-state index contributed by atoms with van der Waals surface area (Å²) in [4.78, 5) is 12.2. The molecule has 4 rings (SSSR count). The van der Waals surface area contributed by atoms with Crippen LogP contribution in [0.25, 0.3) is 10.9 Å². The van der Waals surface area contributed by atoms with Gasteiger partial charge in [0.25, 0.3) is 0 Å². The largest absolute Gasteiger partial charge is 0.486 e. The Kier molecular flexibility index (Phi) is 3.34. The van der Waals surface area contributed by atoms with Crippen LogP contribution in [-0.4, -0.2) is 29.3 Å². The summed E-state index contributed by atoms with van der Waals surface area (Å²) >= 11 is 0. The van der Waals surface area contributed by atoms with Crippen molar-refractivity contribution in [2.45, 2.75) is 6.42 Å². The number of hydrogen-bond donors (Lipinski definition) is 2. The lowest BCUT2D eigenvalue weighted by atomic mass is 10.1. The van der Waals surface area contributed by atoms with Crippen molar-refractivity contribution in [1.82, 2.24) is 10.2 Å². The zero-order chi connectivity index (χ0) is 15.6. The molecule has 0 bridgehead atoms. The number of fused-ring (bicyclic) bond motifs is 2. The second-order valence-corrected chi connectivity index (χ2v) is 5.37. The molecule has 6 heteroatoms. The van der Waals surface area contributed by atoms with E-state index in [4.69, 9.17) is 9.47 Å². The molecule has 0 spiro atoms. The van der Waals surface area contributed by atoms with Gasteiger partial charge in [0.2, 0.25) is 5.91 Å². The number of anilines is 1. The Morgan fingerprint density at radius 3 is 2.91 bits per heavy atom. The fourth-order valence-electron chi connectivity index (χ4n) is 2.60. The fraction of sp³-hybridized carbons (Fsp3) is 0.176. The highest BCUT2D eigenvalue weighted by Gasteiger charge is 2.13. The zero-order valence-corrected chi connectivity index (χ0v) is 12.3. The Morgan fingerprint density at radius 2 is 2.00 bits per heavy atom. The smallest absolute Gasteiger partial charge is 0.228 e. The molecule has 6 nitrogen and oxygen atoms in total. The molecule has 1 aromatic heterocycles. The van der Waals surface area contributed by atoms with Gasteiger partial charge < -0.3 is 14.8 Å². The number of rotatable bonds is 3. The minimum absolute atomic E-state index is 0.0828. The van der Waals surface area contributed by atoms with Crippen molar-refractivity contribution in [2.75, 3.05) is 18.5 Å². The van der Waals surface area contributed by atoms with E-state index in [0.29, 0.717) is 19.0 Å². The van der Waals surface area contributed by atoms with Crippen molar-refractivity contribution in [3.05, 3.63) is 48.2 Å². The maximum Gasteiger partial charge on any atom is 0.228 e. The summed E-state index contributed by atoms with van der Waals surface area (Å²) in [6.45, 7) is 1.09. The van der Waals surface area contributed by atoms with Crippen LogP contribution in [0.2, 0.25) is 0 Å². The maximum absolute atomic E-state index is 12.2. The molecule has 23 heavy (non-hydrogen) atoms.